The smallest absolute Gasteiger partial charge is 0.485 e. The number of hydrogen-bond donors (Lipinski definition) is 0. The molecule has 1 aromatic heterocycles. The average Bonchev–Trinajstić information content (AvgIpc) is 2.61. The standard InChI is InChI=1S/C16H19N2O4.CHF3O3S/c1-5-21-15(19)11-9-12-13(18(4)10-11)7-6-8-14(12)22-16(20)17(2)3;2-1(3,4)8(5,6)7/h6-10H,5H2,1-4H3;(H,5,6,7)/q+1;/p-1. The van der Waals surface area contributed by atoms with Gasteiger partial charge in [0.25, 0.3) is 0 Å². The molecule has 2 aromatic rings. The van der Waals surface area contributed by atoms with Crippen LogP contribution in [-0.4, -0.2) is 56.1 Å². The Hall–Kier alpha value is -2.93. The number of nitrogens with zero attached hydrogens (tertiary/aromatic N) is 2. The number of halogens is 3. The predicted molar refractivity (Wildman–Crippen MR) is 96.5 cm³/mol. The van der Waals surface area contributed by atoms with Crippen LogP contribution >= 0.6 is 0 Å². The van der Waals surface area contributed by atoms with Gasteiger partial charge in [-0.25, -0.2) is 22.6 Å². The Balaban J connectivity index is 0.000000479. The molecule has 166 valence electrons. The van der Waals surface area contributed by atoms with E-state index in [1.807, 2.05) is 13.1 Å². The molecule has 0 fully saturated rings. The Morgan fingerprint density at radius 1 is 1.23 bits per heavy atom. The van der Waals surface area contributed by atoms with Crippen LogP contribution in [0.5, 0.6) is 5.75 Å². The molecule has 0 aliphatic carbocycles. The second-order valence-electron chi connectivity index (χ2n) is 5.91. The summed E-state index contributed by atoms with van der Waals surface area (Å²) in [6, 6.07) is 7.05. The van der Waals surface area contributed by atoms with Crippen LogP contribution in [0.25, 0.3) is 10.9 Å². The van der Waals surface area contributed by atoms with Crippen molar-refractivity contribution in [3.05, 3.63) is 36.0 Å². The third kappa shape index (κ3) is 6.56. The summed E-state index contributed by atoms with van der Waals surface area (Å²) < 4.78 is 71.1. The van der Waals surface area contributed by atoms with Gasteiger partial charge in [-0.05, 0) is 19.1 Å². The Labute approximate surface area is 170 Å². The number of fused-ring (bicyclic) bond motifs is 1. The maximum atomic E-state index is 11.9. The maximum absolute atomic E-state index is 11.9. The average molecular weight is 452 g/mol. The maximum Gasteiger partial charge on any atom is 0.485 e. The van der Waals surface area contributed by atoms with Gasteiger partial charge in [0.2, 0.25) is 5.52 Å². The first-order chi connectivity index (χ1) is 13.7. The lowest BCUT2D eigenvalue weighted by atomic mass is 10.1. The van der Waals surface area contributed by atoms with Crippen LogP contribution < -0.4 is 9.30 Å². The number of ether oxygens (including phenoxy) is 2. The summed E-state index contributed by atoms with van der Waals surface area (Å²) >= 11 is 0. The van der Waals surface area contributed by atoms with Crippen molar-refractivity contribution >= 4 is 33.1 Å². The van der Waals surface area contributed by atoms with Crippen molar-refractivity contribution in [2.45, 2.75) is 12.4 Å². The van der Waals surface area contributed by atoms with Gasteiger partial charge in [0, 0.05) is 20.2 Å². The monoisotopic (exact) mass is 452 g/mol. The molecule has 0 unspecified atom stereocenters. The summed E-state index contributed by atoms with van der Waals surface area (Å²) in [7, 11) is -1.05. The highest BCUT2D eigenvalue weighted by atomic mass is 32.2. The van der Waals surface area contributed by atoms with Crippen LogP contribution in [0.2, 0.25) is 0 Å². The Morgan fingerprint density at radius 3 is 2.27 bits per heavy atom. The lowest BCUT2D eigenvalue weighted by Crippen LogP contribution is -2.31. The van der Waals surface area contributed by atoms with E-state index in [1.54, 1.807) is 50.0 Å². The van der Waals surface area contributed by atoms with Gasteiger partial charge in [0.1, 0.15) is 18.4 Å². The largest absolute Gasteiger partial charge is 0.741 e. The van der Waals surface area contributed by atoms with Crippen LogP contribution in [0.1, 0.15) is 17.3 Å². The zero-order valence-electron chi connectivity index (χ0n) is 16.4. The first-order valence-electron chi connectivity index (χ1n) is 8.19. The number of rotatable bonds is 3. The van der Waals surface area contributed by atoms with E-state index in [-0.39, 0.29) is 0 Å². The second-order valence-corrected chi connectivity index (χ2v) is 7.28. The lowest BCUT2D eigenvalue weighted by molar-refractivity contribution is -0.645. The molecule has 1 heterocycles. The number of benzene rings is 1. The molecule has 1 amide bonds. The number of amides is 1. The first kappa shape index (κ1) is 25.1. The Bertz CT molecular complexity index is 1040. The molecule has 2 rings (SSSR count). The van der Waals surface area contributed by atoms with Gasteiger partial charge < -0.3 is 18.9 Å². The minimum absolute atomic E-state index is 0.303. The van der Waals surface area contributed by atoms with Crippen LogP contribution in [0, 0.1) is 0 Å². The molecule has 0 N–H and O–H groups in total. The molecule has 1 aromatic carbocycles. The summed E-state index contributed by atoms with van der Waals surface area (Å²) in [6.07, 6.45) is 1.22. The van der Waals surface area contributed by atoms with E-state index in [9.17, 15) is 22.8 Å². The summed E-state index contributed by atoms with van der Waals surface area (Å²) in [6.45, 7) is 2.06. The van der Waals surface area contributed by atoms with Crippen molar-refractivity contribution in [1.82, 2.24) is 4.90 Å². The molecule has 0 saturated heterocycles. The van der Waals surface area contributed by atoms with E-state index in [0.717, 1.165) is 5.52 Å². The topological polar surface area (TPSA) is 117 Å². The molecule has 0 saturated carbocycles. The van der Waals surface area contributed by atoms with Crippen molar-refractivity contribution < 1.29 is 49.8 Å². The number of carbonyl (C=O) groups is 2. The molecule has 0 aliphatic rings. The molecule has 30 heavy (non-hydrogen) atoms. The highest BCUT2D eigenvalue weighted by Gasteiger charge is 2.36. The zero-order valence-corrected chi connectivity index (χ0v) is 17.2. The van der Waals surface area contributed by atoms with E-state index in [1.165, 1.54) is 4.90 Å². The van der Waals surface area contributed by atoms with E-state index >= 15 is 0 Å². The van der Waals surface area contributed by atoms with Gasteiger partial charge in [0.05, 0.1) is 12.0 Å². The highest BCUT2D eigenvalue weighted by molar-refractivity contribution is 7.86. The van der Waals surface area contributed by atoms with Gasteiger partial charge in [-0.1, -0.05) is 6.07 Å². The van der Waals surface area contributed by atoms with Crippen molar-refractivity contribution in [3.63, 3.8) is 0 Å². The third-order valence-electron chi connectivity index (χ3n) is 3.41. The van der Waals surface area contributed by atoms with E-state index in [4.69, 9.17) is 22.4 Å². The molecule has 0 aliphatic heterocycles. The fourth-order valence-electron chi connectivity index (χ4n) is 2.06. The molecule has 9 nitrogen and oxygen atoms in total. The fourth-order valence-corrected chi connectivity index (χ4v) is 2.06. The zero-order chi connectivity index (χ0) is 23.3. The molecule has 0 atom stereocenters. The van der Waals surface area contributed by atoms with E-state index < -0.39 is 27.7 Å². The number of aromatic nitrogens is 1. The number of alkyl halides is 3. The van der Waals surface area contributed by atoms with Gasteiger partial charge in [-0.3, -0.25) is 0 Å². The molecule has 0 spiro atoms. The highest BCUT2D eigenvalue weighted by Crippen LogP contribution is 2.25. The molecular weight excluding hydrogens is 433 g/mol. The summed E-state index contributed by atoms with van der Waals surface area (Å²) in [5.74, 6) is -0.00770. The molecule has 0 radical (unpaired) electrons. The van der Waals surface area contributed by atoms with E-state index in [0.29, 0.717) is 23.3 Å². The summed E-state index contributed by atoms with van der Waals surface area (Å²) in [5, 5.41) is 0.672. The van der Waals surface area contributed by atoms with Crippen molar-refractivity contribution in [2.75, 3.05) is 20.7 Å². The number of esters is 1. The summed E-state index contributed by atoms with van der Waals surface area (Å²) in [4.78, 5) is 25.0. The lowest BCUT2D eigenvalue weighted by Gasteiger charge is -2.12. The molecule has 13 heteroatoms. The van der Waals surface area contributed by atoms with Gasteiger partial charge in [-0.15, -0.1) is 0 Å². The van der Waals surface area contributed by atoms with Crippen molar-refractivity contribution in [2.24, 2.45) is 7.05 Å². The minimum atomic E-state index is -6.09. The van der Waals surface area contributed by atoms with Crippen LogP contribution in [0.3, 0.4) is 0 Å². The minimum Gasteiger partial charge on any atom is -0.741 e. The van der Waals surface area contributed by atoms with Gasteiger partial charge >= 0.3 is 17.6 Å². The number of carbonyl (C=O) groups excluding carboxylic acids is 2. The van der Waals surface area contributed by atoms with Gasteiger partial charge in [0.15, 0.2) is 16.3 Å². The van der Waals surface area contributed by atoms with Crippen LogP contribution in [0.15, 0.2) is 30.5 Å². The Morgan fingerprint density at radius 2 is 1.80 bits per heavy atom. The van der Waals surface area contributed by atoms with E-state index in [2.05, 4.69) is 0 Å². The predicted octanol–water partition coefficient (Wildman–Crippen LogP) is 1.95. The SMILES string of the molecule is CCOC(=O)c1cc2c(OC(=O)N(C)C)cccc2[n+](C)c1.O=S(=O)([O-])C(F)(F)F. The third-order valence-corrected chi connectivity index (χ3v) is 3.98. The Kier molecular flexibility index (Phi) is 8.13. The van der Waals surface area contributed by atoms with Crippen molar-refractivity contribution in [1.29, 1.82) is 0 Å². The fraction of sp³-hybridized carbons (Fsp3) is 0.353. The molecule has 0 bridgehead atoms. The van der Waals surface area contributed by atoms with Crippen LogP contribution in [-0.2, 0) is 21.9 Å². The quantitative estimate of drug-likeness (QED) is 0.302. The molecular formula is C17H19F3N2O7S. The summed E-state index contributed by atoms with van der Waals surface area (Å²) in [5.41, 5.74) is -4.39. The van der Waals surface area contributed by atoms with Crippen molar-refractivity contribution in [3.8, 4) is 5.75 Å². The second kappa shape index (κ2) is 9.71. The van der Waals surface area contributed by atoms with Gasteiger partial charge in [-0.2, -0.15) is 13.2 Å². The number of aryl methyl sites for hydroxylation is 1. The normalized spacial score (nSPS) is 11.3. The van der Waals surface area contributed by atoms with Crippen LogP contribution in [0.4, 0.5) is 18.0 Å². The first-order valence-corrected chi connectivity index (χ1v) is 9.60. The number of pyridine rings is 1. The number of hydrogen-bond acceptors (Lipinski definition) is 7.